The van der Waals surface area contributed by atoms with E-state index in [4.69, 9.17) is 0 Å². The first-order valence-corrected chi connectivity index (χ1v) is 5.15. The number of hydrogen-bond donors (Lipinski definition) is 0. The Labute approximate surface area is 86.2 Å². The molecule has 0 saturated carbocycles. The largest absolute Gasteiger partial charge is 0.300 e. The minimum Gasteiger partial charge on any atom is -0.300 e. The normalized spacial score (nSPS) is 22.8. The fourth-order valence-corrected chi connectivity index (χ4v) is 1.60. The standard InChI is InChI=1S/C13H18O/c1-10-5-4-6-13(8-7-10)11(2)9-12(3)14/h4-8,10-11H,9H2,1-3H3/t10?,11-/m1/s1. The van der Waals surface area contributed by atoms with Crippen LogP contribution in [0, 0.1) is 11.8 Å². The summed E-state index contributed by atoms with van der Waals surface area (Å²) in [4.78, 5) is 11.0. The number of allylic oxidation sites excluding steroid dienone is 6. The topological polar surface area (TPSA) is 17.1 Å². The lowest BCUT2D eigenvalue weighted by Gasteiger charge is -2.09. The molecule has 1 heteroatoms. The lowest BCUT2D eigenvalue weighted by molar-refractivity contribution is -0.117. The van der Waals surface area contributed by atoms with Gasteiger partial charge in [0.05, 0.1) is 0 Å². The molecule has 1 aliphatic carbocycles. The Morgan fingerprint density at radius 1 is 1.50 bits per heavy atom. The van der Waals surface area contributed by atoms with Crippen molar-refractivity contribution < 1.29 is 4.79 Å². The van der Waals surface area contributed by atoms with Crippen molar-refractivity contribution in [3.8, 4) is 0 Å². The molecule has 1 rings (SSSR count). The molecule has 0 N–H and O–H groups in total. The highest BCUT2D eigenvalue weighted by Crippen LogP contribution is 2.19. The van der Waals surface area contributed by atoms with Crippen LogP contribution in [-0.2, 0) is 4.79 Å². The number of Topliss-reactive ketones (excluding diaryl/α,β-unsaturated/α-hetero) is 1. The molecule has 0 aromatic rings. The highest BCUT2D eigenvalue weighted by molar-refractivity contribution is 5.76. The molecule has 0 fully saturated rings. The van der Waals surface area contributed by atoms with E-state index in [-0.39, 0.29) is 5.78 Å². The Bertz CT molecular complexity index is 294. The van der Waals surface area contributed by atoms with Crippen molar-refractivity contribution in [2.75, 3.05) is 0 Å². The second kappa shape index (κ2) is 4.94. The SMILES string of the molecule is CC(=O)C[C@@H](C)C1=CC=CC(C)C=C1. The van der Waals surface area contributed by atoms with Gasteiger partial charge < -0.3 is 4.79 Å². The van der Waals surface area contributed by atoms with Crippen molar-refractivity contribution in [2.24, 2.45) is 11.8 Å². The zero-order chi connectivity index (χ0) is 10.6. The Hall–Kier alpha value is -1.11. The maximum atomic E-state index is 11.0. The molecule has 76 valence electrons. The second-order valence-electron chi connectivity index (χ2n) is 4.08. The molecule has 1 nitrogen and oxygen atoms in total. The molecule has 0 amide bonds. The average Bonchev–Trinajstić information content (AvgIpc) is 2.28. The zero-order valence-electron chi connectivity index (χ0n) is 9.16. The molecule has 0 aromatic carbocycles. The van der Waals surface area contributed by atoms with E-state index in [1.807, 2.05) is 0 Å². The van der Waals surface area contributed by atoms with Gasteiger partial charge in [0.15, 0.2) is 0 Å². The molecule has 1 aliphatic rings. The van der Waals surface area contributed by atoms with Gasteiger partial charge in [-0.15, -0.1) is 0 Å². The van der Waals surface area contributed by atoms with Gasteiger partial charge in [-0.2, -0.15) is 0 Å². The number of ketones is 1. The van der Waals surface area contributed by atoms with Gasteiger partial charge >= 0.3 is 0 Å². The monoisotopic (exact) mass is 190 g/mol. The van der Waals surface area contributed by atoms with Crippen molar-refractivity contribution in [2.45, 2.75) is 27.2 Å². The van der Waals surface area contributed by atoms with Gasteiger partial charge in [-0.25, -0.2) is 0 Å². The maximum absolute atomic E-state index is 11.0. The van der Waals surface area contributed by atoms with Gasteiger partial charge in [0, 0.05) is 6.42 Å². The van der Waals surface area contributed by atoms with Gasteiger partial charge in [0.1, 0.15) is 5.78 Å². The summed E-state index contributed by atoms with van der Waals surface area (Å²) in [5, 5.41) is 0. The van der Waals surface area contributed by atoms with Crippen molar-refractivity contribution in [3.63, 3.8) is 0 Å². The van der Waals surface area contributed by atoms with Crippen molar-refractivity contribution >= 4 is 5.78 Å². The van der Waals surface area contributed by atoms with E-state index in [2.05, 4.69) is 44.2 Å². The van der Waals surface area contributed by atoms with Crippen molar-refractivity contribution in [3.05, 3.63) is 36.0 Å². The predicted molar refractivity (Wildman–Crippen MR) is 60.0 cm³/mol. The zero-order valence-corrected chi connectivity index (χ0v) is 9.16. The fraction of sp³-hybridized carbons (Fsp3) is 0.462. The third-order valence-corrected chi connectivity index (χ3v) is 2.46. The molecule has 2 atom stereocenters. The minimum absolute atomic E-state index is 0.257. The molecule has 1 unspecified atom stereocenters. The van der Waals surface area contributed by atoms with Crippen LogP contribution >= 0.6 is 0 Å². The highest BCUT2D eigenvalue weighted by atomic mass is 16.1. The summed E-state index contributed by atoms with van der Waals surface area (Å²) >= 11 is 0. The van der Waals surface area contributed by atoms with Crippen LogP contribution in [0.1, 0.15) is 27.2 Å². The first-order valence-electron chi connectivity index (χ1n) is 5.15. The maximum Gasteiger partial charge on any atom is 0.130 e. The van der Waals surface area contributed by atoms with Gasteiger partial charge in [-0.3, -0.25) is 0 Å². The molecule has 0 heterocycles. The second-order valence-corrected chi connectivity index (χ2v) is 4.08. The van der Waals surface area contributed by atoms with Gasteiger partial charge in [-0.05, 0) is 24.3 Å². The number of carbonyl (C=O) groups excluding carboxylic acids is 1. The van der Waals surface area contributed by atoms with Crippen LogP contribution in [0.5, 0.6) is 0 Å². The van der Waals surface area contributed by atoms with Crippen molar-refractivity contribution in [1.82, 2.24) is 0 Å². The van der Waals surface area contributed by atoms with Gasteiger partial charge in [0.2, 0.25) is 0 Å². The van der Waals surface area contributed by atoms with Crippen LogP contribution in [0.2, 0.25) is 0 Å². The highest BCUT2D eigenvalue weighted by Gasteiger charge is 2.09. The van der Waals surface area contributed by atoms with Crippen LogP contribution in [0.15, 0.2) is 36.0 Å². The van der Waals surface area contributed by atoms with E-state index in [0.717, 1.165) is 0 Å². The first kappa shape index (κ1) is 11.0. The summed E-state index contributed by atoms with van der Waals surface area (Å²) in [7, 11) is 0. The van der Waals surface area contributed by atoms with E-state index in [1.165, 1.54) is 5.57 Å². The molecular weight excluding hydrogens is 172 g/mol. The fourth-order valence-electron chi connectivity index (χ4n) is 1.60. The number of rotatable bonds is 3. The van der Waals surface area contributed by atoms with Crippen molar-refractivity contribution in [1.29, 1.82) is 0 Å². The number of carbonyl (C=O) groups is 1. The van der Waals surface area contributed by atoms with Crippen LogP contribution in [-0.4, -0.2) is 5.78 Å². The third kappa shape index (κ3) is 3.33. The summed E-state index contributed by atoms with van der Waals surface area (Å²) in [6.45, 7) is 5.90. The van der Waals surface area contributed by atoms with E-state index < -0.39 is 0 Å². The average molecular weight is 190 g/mol. The van der Waals surface area contributed by atoms with Gasteiger partial charge in [0.25, 0.3) is 0 Å². The molecule has 0 bridgehead atoms. The summed E-state index contributed by atoms with van der Waals surface area (Å²) in [6.07, 6.45) is 11.3. The number of hydrogen-bond acceptors (Lipinski definition) is 1. The van der Waals surface area contributed by atoms with Crippen LogP contribution < -0.4 is 0 Å². The smallest absolute Gasteiger partial charge is 0.130 e. The Kier molecular flexibility index (Phi) is 3.87. The minimum atomic E-state index is 0.257. The quantitative estimate of drug-likeness (QED) is 0.667. The first-order chi connectivity index (χ1) is 6.59. The summed E-state index contributed by atoms with van der Waals surface area (Å²) in [5.74, 6) is 1.08. The molecule has 0 saturated heterocycles. The Morgan fingerprint density at radius 3 is 2.86 bits per heavy atom. The lowest BCUT2D eigenvalue weighted by Crippen LogP contribution is -2.03. The summed E-state index contributed by atoms with van der Waals surface area (Å²) < 4.78 is 0. The Balaban J connectivity index is 2.68. The van der Waals surface area contributed by atoms with Crippen LogP contribution in [0.4, 0.5) is 0 Å². The summed E-state index contributed by atoms with van der Waals surface area (Å²) in [5.41, 5.74) is 1.25. The third-order valence-electron chi connectivity index (χ3n) is 2.46. The van der Waals surface area contributed by atoms with E-state index in [9.17, 15) is 4.79 Å². The van der Waals surface area contributed by atoms with E-state index in [1.54, 1.807) is 6.92 Å². The van der Waals surface area contributed by atoms with Crippen LogP contribution in [0.3, 0.4) is 0 Å². The molecule has 0 spiro atoms. The predicted octanol–water partition coefficient (Wildman–Crippen LogP) is 3.29. The molecule has 0 aromatic heterocycles. The summed E-state index contributed by atoms with van der Waals surface area (Å²) in [6, 6.07) is 0. The molecule has 0 aliphatic heterocycles. The van der Waals surface area contributed by atoms with Gasteiger partial charge in [-0.1, -0.05) is 44.2 Å². The molecule has 0 radical (unpaired) electrons. The molecular formula is C13H18O. The van der Waals surface area contributed by atoms with E-state index in [0.29, 0.717) is 18.3 Å². The molecule has 14 heavy (non-hydrogen) atoms. The van der Waals surface area contributed by atoms with Crippen LogP contribution in [0.25, 0.3) is 0 Å². The Morgan fingerprint density at radius 2 is 2.21 bits per heavy atom. The van der Waals surface area contributed by atoms with E-state index >= 15 is 0 Å². The lowest BCUT2D eigenvalue weighted by atomic mass is 9.95.